The summed E-state index contributed by atoms with van der Waals surface area (Å²) < 4.78 is 37.5. The van der Waals surface area contributed by atoms with Crippen molar-refractivity contribution in [3.05, 3.63) is 34.3 Å². The Morgan fingerprint density at radius 3 is 2.42 bits per heavy atom. The fourth-order valence-electron chi connectivity index (χ4n) is 1.62. The van der Waals surface area contributed by atoms with E-state index in [9.17, 15) is 23.4 Å². The van der Waals surface area contributed by atoms with Crippen LogP contribution in [0.5, 0.6) is 0 Å². The third-order valence-corrected chi connectivity index (χ3v) is 3.01. The highest BCUT2D eigenvalue weighted by Gasteiger charge is 2.33. The molecule has 0 aromatic heterocycles. The third kappa shape index (κ3) is 4.35. The second kappa shape index (κ2) is 6.56. The van der Waals surface area contributed by atoms with Gasteiger partial charge < -0.3 is 15.5 Å². The number of rotatable bonds is 5. The van der Waals surface area contributed by atoms with Crippen LogP contribution in [-0.4, -0.2) is 29.9 Å². The molecule has 0 saturated heterocycles. The van der Waals surface area contributed by atoms with E-state index < -0.39 is 29.0 Å². The summed E-state index contributed by atoms with van der Waals surface area (Å²) in [6.45, 7) is 0.479. The minimum absolute atomic E-state index is 0.154. The molecule has 0 saturated carbocycles. The van der Waals surface area contributed by atoms with Crippen LogP contribution >= 0.6 is 11.6 Å². The first-order valence-electron chi connectivity index (χ1n) is 5.64. The van der Waals surface area contributed by atoms with Crippen LogP contribution in [0.2, 0.25) is 5.02 Å². The van der Waals surface area contributed by atoms with Gasteiger partial charge in [-0.25, -0.2) is 0 Å². The molecule has 0 aliphatic heterocycles. The quantitative estimate of drug-likeness (QED) is 0.782. The van der Waals surface area contributed by atoms with Gasteiger partial charge in [-0.1, -0.05) is 17.7 Å². The van der Waals surface area contributed by atoms with Crippen LogP contribution in [-0.2, 0) is 6.18 Å². The number of aliphatic hydroxyl groups excluding tert-OH is 2. The average molecular weight is 298 g/mol. The monoisotopic (exact) mass is 297 g/mol. The van der Waals surface area contributed by atoms with Crippen LogP contribution in [0.3, 0.4) is 0 Å². The highest BCUT2D eigenvalue weighted by Crippen LogP contribution is 2.36. The largest absolute Gasteiger partial charge is 0.417 e. The van der Waals surface area contributed by atoms with E-state index in [1.807, 2.05) is 0 Å². The smallest absolute Gasteiger partial charge is 0.390 e. The molecule has 0 bridgehead atoms. The maximum atomic E-state index is 12.5. The molecule has 7 heteroatoms. The Kier molecular flexibility index (Phi) is 5.61. The molecule has 0 amide bonds. The van der Waals surface area contributed by atoms with Crippen molar-refractivity contribution >= 4 is 11.6 Å². The number of benzene rings is 1. The van der Waals surface area contributed by atoms with Gasteiger partial charge >= 0.3 is 6.18 Å². The number of hydrogen-bond donors (Lipinski definition) is 3. The zero-order chi connectivity index (χ0) is 14.6. The highest BCUT2D eigenvalue weighted by molar-refractivity contribution is 6.31. The summed E-state index contributed by atoms with van der Waals surface area (Å²) in [7, 11) is 1.69. The number of hydrogen-bond acceptors (Lipinski definition) is 3. The average Bonchev–Trinajstić information content (AvgIpc) is 2.33. The summed E-state index contributed by atoms with van der Waals surface area (Å²) in [5.41, 5.74) is -0.809. The fraction of sp³-hybridized carbons (Fsp3) is 0.500. The minimum Gasteiger partial charge on any atom is -0.390 e. The summed E-state index contributed by atoms with van der Waals surface area (Å²) in [5, 5.41) is 21.8. The van der Waals surface area contributed by atoms with Crippen LogP contribution in [0.4, 0.5) is 13.2 Å². The number of aliphatic hydroxyl groups is 2. The van der Waals surface area contributed by atoms with Crippen molar-refractivity contribution in [3.8, 4) is 0 Å². The molecule has 0 radical (unpaired) electrons. The molecule has 1 aromatic carbocycles. The van der Waals surface area contributed by atoms with E-state index >= 15 is 0 Å². The predicted molar refractivity (Wildman–Crippen MR) is 66.0 cm³/mol. The van der Waals surface area contributed by atoms with E-state index in [4.69, 9.17) is 11.6 Å². The molecule has 0 fully saturated rings. The van der Waals surface area contributed by atoms with Crippen LogP contribution in [0, 0.1) is 0 Å². The first-order chi connectivity index (χ1) is 8.77. The molecule has 3 nitrogen and oxygen atoms in total. The highest BCUT2D eigenvalue weighted by atomic mass is 35.5. The lowest BCUT2D eigenvalue weighted by Crippen LogP contribution is -2.23. The third-order valence-electron chi connectivity index (χ3n) is 2.69. The van der Waals surface area contributed by atoms with Crippen molar-refractivity contribution in [1.29, 1.82) is 0 Å². The molecule has 19 heavy (non-hydrogen) atoms. The maximum absolute atomic E-state index is 12.5. The van der Waals surface area contributed by atoms with E-state index in [1.165, 1.54) is 0 Å². The molecular weight excluding hydrogens is 283 g/mol. The molecule has 2 atom stereocenters. The number of halogens is 4. The lowest BCUT2D eigenvalue weighted by molar-refractivity contribution is -0.137. The normalized spacial score (nSPS) is 15.3. The van der Waals surface area contributed by atoms with Gasteiger partial charge in [-0.3, -0.25) is 0 Å². The minimum atomic E-state index is -4.54. The molecule has 0 heterocycles. The zero-order valence-corrected chi connectivity index (χ0v) is 11.0. The van der Waals surface area contributed by atoms with E-state index in [0.717, 1.165) is 18.2 Å². The second-order valence-corrected chi connectivity index (χ2v) is 4.55. The van der Waals surface area contributed by atoms with Crippen molar-refractivity contribution in [2.45, 2.75) is 24.8 Å². The number of nitrogens with one attached hydrogen (secondary N) is 1. The lowest BCUT2D eigenvalue weighted by atomic mass is 10.0. The molecular formula is C12H15ClF3NO2. The SMILES string of the molecule is CNCCC(O)C(O)c1ccc(C(F)(F)F)c(Cl)c1. The molecule has 3 N–H and O–H groups in total. The van der Waals surface area contributed by atoms with Crippen LogP contribution in [0.15, 0.2) is 18.2 Å². The van der Waals surface area contributed by atoms with Gasteiger partial charge in [-0.15, -0.1) is 0 Å². The van der Waals surface area contributed by atoms with E-state index in [0.29, 0.717) is 6.54 Å². The Morgan fingerprint density at radius 2 is 1.95 bits per heavy atom. The second-order valence-electron chi connectivity index (χ2n) is 4.14. The van der Waals surface area contributed by atoms with Gasteiger partial charge in [0.1, 0.15) is 6.10 Å². The van der Waals surface area contributed by atoms with Crippen LogP contribution in [0.1, 0.15) is 23.7 Å². The summed E-state index contributed by atoms with van der Waals surface area (Å²) >= 11 is 5.54. The molecule has 0 aliphatic rings. The van der Waals surface area contributed by atoms with Gasteiger partial charge in [0.2, 0.25) is 0 Å². The number of alkyl halides is 3. The summed E-state index contributed by atoms with van der Waals surface area (Å²) in [6, 6.07) is 2.94. The van der Waals surface area contributed by atoms with Gasteiger partial charge in [0.15, 0.2) is 0 Å². The van der Waals surface area contributed by atoms with E-state index in [1.54, 1.807) is 7.05 Å². The molecule has 0 spiro atoms. The Bertz CT molecular complexity index is 426. The van der Waals surface area contributed by atoms with Crippen LogP contribution < -0.4 is 5.32 Å². The van der Waals surface area contributed by atoms with Gasteiger partial charge in [-0.05, 0) is 37.7 Å². The molecule has 2 unspecified atom stereocenters. The van der Waals surface area contributed by atoms with Gasteiger partial charge in [0.05, 0.1) is 16.7 Å². The first kappa shape index (κ1) is 16.2. The topological polar surface area (TPSA) is 52.5 Å². The summed E-state index contributed by atoms with van der Waals surface area (Å²) in [4.78, 5) is 0. The van der Waals surface area contributed by atoms with Gasteiger partial charge in [0.25, 0.3) is 0 Å². The molecule has 108 valence electrons. The van der Waals surface area contributed by atoms with Gasteiger partial charge in [-0.2, -0.15) is 13.2 Å². The first-order valence-corrected chi connectivity index (χ1v) is 6.02. The van der Waals surface area contributed by atoms with Gasteiger partial charge in [0, 0.05) is 0 Å². The van der Waals surface area contributed by atoms with Crippen molar-refractivity contribution in [2.75, 3.05) is 13.6 Å². The molecule has 1 rings (SSSR count). The van der Waals surface area contributed by atoms with Crippen LogP contribution in [0.25, 0.3) is 0 Å². The van der Waals surface area contributed by atoms with Crippen molar-refractivity contribution in [2.24, 2.45) is 0 Å². The Morgan fingerprint density at radius 1 is 1.32 bits per heavy atom. The van der Waals surface area contributed by atoms with E-state index in [2.05, 4.69) is 5.32 Å². The predicted octanol–water partition coefficient (Wildman–Crippen LogP) is 2.36. The molecule has 1 aromatic rings. The Labute approximate surface area is 114 Å². The lowest BCUT2D eigenvalue weighted by Gasteiger charge is -2.19. The van der Waals surface area contributed by atoms with Crippen molar-refractivity contribution < 1.29 is 23.4 Å². The Hall–Kier alpha value is -0.820. The standard InChI is InChI=1S/C12H15ClF3NO2/c1-17-5-4-10(18)11(19)7-2-3-8(9(13)6-7)12(14,15)16/h2-3,6,10-11,17-19H,4-5H2,1H3. The zero-order valence-electron chi connectivity index (χ0n) is 10.2. The summed E-state index contributed by atoms with van der Waals surface area (Å²) in [6.07, 6.45) is -6.60. The van der Waals surface area contributed by atoms with Crippen molar-refractivity contribution in [1.82, 2.24) is 5.32 Å². The fourth-order valence-corrected chi connectivity index (χ4v) is 1.91. The maximum Gasteiger partial charge on any atom is 0.417 e. The Balaban J connectivity index is 2.88. The van der Waals surface area contributed by atoms with E-state index in [-0.39, 0.29) is 12.0 Å². The van der Waals surface area contributed by atoms with Crippen molar-refractivity contribution in [3.63, 3.8) is 0 Å². The molecule has 0 aliphatic carbocycles. The summed E-state index contributed by atoms with van der Waals surface area (Å²) in [5.74, 6) is 0.